The molecule has 10 heteroatoms. The maximum atomic E-state index is 13.7. The van der Waals surface area contributed by atoms with Crippen LogP contribution in [-0.2, 0) is 22.5 Å². The molecule has 2 aliphatic rings. The number of fused-ring (bicyclic) bond motifs is 3. The molecule has 5 heterocycles. The van der Waals surface area contributed by atoms with Crippen LogP contribution in [0.25, 0.3) is 10.9 Å². The van der Waals surface area contributed by atoms with Crippen LogP contribution in [-0.4, -0.2) is 48.6 Å². The Hall–Kier alpha value is -3.24. The van der Waals surface area contributed by atoms with Gasteiger partial charge < -0.3 is 24.1 Å². The van der Waals surface area contributed by atoms with Gasteiger partial charge in [0.1, 0.15) is 10.7 Å². The van der Waals surface area contributed by atoms with Gasteiger partial charge in [0.25, 0.3) is 5.91 Å². The Morgan fingerprint density at radius 3 is 2.55 bits per heavy atom. The van der Waals surface area contributed by atoms with Gasteiger partial charge in [0.2, 0.25) is 5.78 Å². The van der Waals surface area contributed by atoms with Crippen molar-refractivity contribution in [2.45, 2.75) is 32.5 Å². The zero-order valence-electron chi connectivity index (χ0n) is 21.0. The Labute approximate surface area is 228 Å². The highest BCUT2D eigenvalue weighted by Crippen LogP contribution is 2.43. The molecule has 3 aromatic heterocycles. The van der Waals surface area contributed by atoms with Gasteiger partial charge in [0.05, 0.1) is 42.1 Å². The highest BCUT2D eigenvalue weighted by Gasteiger charge is 2.36. The number of hydrogen-bond donors (Lipinski definition) is 1. The Morgan fingerprint density at radius 1 is 1.08 bits per heavy atom. The number of ketones is 1. The largest absolute Gasteiger partial charge is 0.461 e. The van der Waals surface area contributed by atoms with Crippen LogP contribution in [0.2, 0.25) is 5.02 Å². The molecule has 6 rings (SSSR count). The number of furan rings is 1. The summed E-state index contributed by atoms with van der Waals surface area (Å²) in [5, 5.41) is 4.21. The number of carbonyl (C=O) groups excluding carboxylic acids is 2. The van der Waals surface area contributed by atoms with E-state index in [1.807, 2.05) is 13.8 Å². The molecule has 0 aliphatic carbocycles. The molecule has 0 atom stereocenters. The number of nitrogens with zero attached hydrogens (tertiary/aromatic N) is 2. The number of pyridine rings is 1. The third-order valence-corrected chi connectivity index (χ3v) is 8.25. The van der Waals surface area contributed by atoms with E-state index in [1.54, 1.807) is 36.4 Å². The Morgan fingerprint density at radius 2 is 1.84 bits per heavy atom. The fraction of sp³-hybridized carbons (Fsp3) is 0.321. The van der Waals surface area contributed by atoms with E-state index >= 15 is 0 Å². The average molecular weight is 552 g/mol. The molecule has 8 nitrogen and oxygen atoms in total. The van der Waals surface area contributed by atoms with E-state index in [4.69, 9.17) is 30.5 Å². The molecule has 1 amide bonds. The van der Waals surface area contributed by atoms with Gasteiger partial charge in [0, 0.05) is 41.2 Å². The van der Waals surface area contributed by atoms with Crippen molar-refractivity contribution in [3.63, 3.8) is 0 Å². The summed E-state index contributed by atoms with van der Waals surface area (Å²) < 4.78 is 17.2. The lowest BCUT2D eigenvalue weighted by atomic mass is 9.88. The number of carbonyl (C=O) groups is 2. The van der Waals surface area contributed by atoms with Crippen molar-refractivity contribution in [3.8, 4) is 0 Å². The van der Waals surface area contributed by atoms with Crippen LogP contribution < -0.4 is 10.2 Å². The van der Waals surface area contributed by atoms with E-state index < -0.39 is 5.60 Å². The minimum absolute atomic E-state index is 0.218. The van der Waals surface area contributed by atoms with Crippen LogP contribution in [0.3, 0.4) is 0 Å². The molecule has 196 valence electrons. The summed E-state index contributed by atoms with van der Waals surface area (Å²) in [7, 11) is 0. The molecular weight excluding hydrogens is 526 g/mol. The van der Waals surface area contributed by atoms with E-state index in [0.29, 0.717) is 70.7 Å². The molecule has 1 saturated heterocycles. The molecule has 2 aliphatic heterocycles. The minimum atomic E-state index is -0.442. The predicted molar refractivity (Wildman–Crippen MR) is 147 cm³/mol. The number of benzene rings is 1. The number of nitrogens with one attached hydrogen (secondary N) is 1. The summed E-state index contributed by atoms with van der Waals surface area (Å²) in [6.45, 7) is 6.99. The van der Waals surface area contributed by atoms with E-state index in [-0.39, 0.29) is 17.5 Å². The van der Waals surface area contributed by atoms with Crippen LogP contribution in [0.5, 0.6) is 0 Å². The number of rotatable bonds is 5. The van der Waals surface area contributed by atoms with Gasteiger partial charge in [-0.1, -0.05) is 11.6 Å². The monoisotopic (exact) mass is 551 g/mol. The lowest BCUT2D eigenvalue weighted by molar-refractivity contribution is -0.0396. The van der Waals surface area contributed by atoms with Crippen LogP contribution >= 0.6 is 22.9 Å². The van der Waals surface area contributed by atoms with Crippen molar-refractivity contribution in [1.82, 2.24) is 4.98 Å². The quantitative estimate of drug-likeness (QED) is 0.317. The second kappa shape index (κ2) is 9.81. The predicted octanol–water partition coefficient (Wildman–Crippen LogP) is 5.71. The smallest absolute Gasteiger partial charge is 0.268 e. The number of anilines is 2. The number of halogens is 1. The first-order valence-electron chi connectivity index (χ1n) is 12.4. The first kappa shape index (κ1) is 25.1. The molecule has 0 unspecified atom stereocenters. The van der Waals surface area contributed by atoms with E-state index in [0.717, 1.165) is 28.3 Å². The molecule has 0 saturated carbocycles. The highest BCUT2D eigenvalue weighted by atomic mass is 35.5. The van der Waals surface area contributed by atoms with Crippen molar-refractivity contribution in [1.29, 1.82) is 0 Å². The average Bonchev–Trinajstić information content (AvgIpc) is 3.58. The van der Waals surface area contributed by atoms with Gasteiger partial charge in [-0.25, -0.2) is 4.98 Å². The number of amides is 1. The summed E-state index contributed by atoms with van der Waals surface area (Å²) in [4.78, 5) is 35.4. The lowest BCUT2D eigenvalue weighted by Crippen LogP contribution is -2.39. The summed E-state index contributed by atoms with van der Waals surface area (Å²) in [5.41, 5.74) is 2.61. The normalized spacial score (nSPS) is 16.9. The fourth-order valence-electron chi connectivity index (χ4n) is 4.95. The molecule has 1 aromatic carbocycles. The number of morpholine rings is 1. The maximum Gasteiger partial charge on any atom is 0.268 e. The second-order valence-electron chi connectivity index (χ2n) is 9.97. The van der Waals surface area contributed by atoms with Crippen molar-refractivity contribution < 1.29 is 23.5 Å². The Bertz CT molecular complexity index is 1520. The summed E-state index contributed by atoms with van der Waals surface area (Å²) in [5.74, 6) is 0.382. The first-order chi connectivity index (χ1) is 18.3. The van der Waals surface area contributed by atoms with E-state index in [2.05, 4.69) is 10.2 Å². The van der Waals surface area contributed by atoms with Gasteiger partial charge in [-0.05, 0) is 55.8 Å². The highest BCUT2D eigenvalue weighted by molar-refractivity contribution is 7.18. The Balaban J connectivity index is 1.57. The standard InChI is InChI=1S/C28H26ClN3O5S/c1-28(2)14-18-19(15-37-28)26(32-9-12-35-13-10-32)31-22-21(18)24(23(33)20-4-3-11-36-20)38-25(22)27(34)30-17-7-5-16(29)6-8-17/h3-8,11H,9-10,12-15H2,1-2H3,(H,30,34). The topological polar surface area (TPSA) is 93.9 Å². The van der Waals surface area contributed by atoms with Crippen molar-refractivity contribution in [2.24, 2.45) is 0 Å². The third kappa shape index (κ3) is 4.60. The second-order valence-corrected chi connectivity index (χ2v) is 11.4. The Kier molecular flexibility index (Phi) is 6.47. The summed E-state index contributed by atoms with van der Waals surface area (Å²) in [6.07, 6.45) is 2.05. The molecule has 1 fully saturated rings. The van der Waals surface area contributed by atoms with Gasteiger partial charge in [-0.2, -0.15) is 0 Å². The van der Waals surface area contributed by atoms with Gasteiger partial charge in [-0.3, -0.25) is 9.59 Å². The van der Waals surface area contributed by atoms with Crippen LogP contribution in [0, 0.1) is 0 Å². The maximum absolute atomic E-state index is 13.7. The van der Waals surface area contributed by atoms with Crippen molar-refractivity contribution in [2.75, 3.05) is 36.5 Å². The zero-order chi connectivity index (χ0) is 26.4. The van der Waals surface area contributed by atoms with Crippen molar-refractivity contribution >= 4 is 57.0 Å². The van der Waals surface area contributed by atoms with Gasteiger partial charge in [0.15, 0.2) is 5.76 Å². The van der Waals surface area contributed by atoms with Gasteiger partial charge in [-0.15, -0.1) is 11.3 Å². The van der Waals surface area contributed by atoms with Crippen LogP contribution in [0.15, 0.2) is 47.1 Å². The molecule has 0 bridgehead atoms. The number of ether oxygens (including phenoxy) is 2. The lowest BCUT2D eigenvalue weighted by Gasteiger charge is -2.36. The van der Waals surface area contributed by atoms with Crippen molar-refractivity contribution in [3.05, 3.63) is 74.3 Å². The van der Waals surface area contributed by atoms with E-state index in [1.165, 1.54) is 6.26 Å². The molecule has 0 radical (unpaired) electrons. The zero-order valence-corrected chi connectivity index (χ0v) is 22.6. The van der Waals surface area contributed by atoms with Gasteiger partial charge >= 0.3 is 0 Å². The summed E-state index contributed by atoms with van der Waals surface area (Å²) in [6, 6.07) is 10.2. The van der Waals surface area contributed by atoms with Crippen LogP contribution in [0.4, 0.5) is 11.5 Å². The molecule has 1 N–H and O–H groups in total. The number of thiophene rings is 1. The third-order valence-electron chi connectivity index (χ3n) is 6.82. The SMILES string of the molecule is CC1(C)Cc2c(c(N3CCOCC3)nc3c(C(=O)Nc4ccc(Cl)cc4)sc(C(=O)c4ccco4)c23)CO1. The van der Waals surface area contributed by atoms with Crippen LogP contribution in [0.1, 0.15) is 50.1 Å². The molecule has 4 aromatic rings. The molecular formula is C28H26ClN3O5S. The van der Waals surface area contributed by atoms with E-state index in [9.17, 15) is 9.59 Å². The number of aromatic nitrogens is 1. The first-order valence-corrected chi connectivity index (χ1v) is 13.6. The minimum Gasteiger partial charge on any atom is -0.461 e. The fourth-order valence-corrected chi connectivity index (χ4v) is 6.18. The summed E-state index contributed by atoms with van der Waals surface area (Å²) >= 11 is 7.17. The number of hydrogen-bond acceptors (Lipinski definition) is 8. The molecule has 38 heavy (non-hydrogen) atoms. The molecule has 0 spiro atoms.